The van der Waals surface area contributed by atoms with Crippen LogP contribution in [0.3, 0.4) is 0 Å². The molecule has 0 spiro atoms. The van der Waals surface area contributed by atoms with E-state index in [2.05, 4.69) is 25.9 Å². The smallest absolute Gasteiger partial charge is 0.247 e. The molecule has 4 aliphatic carbocycles. The zero-order valence-electron chi connectivity index (χ0n) is 18.6. The second-order valence-electron chi connectivity index (χ2n) is 9.82. The number of benzene rings is 1. The van der Waals surface area contributed by atoms with Crippen molar-refractivity contribution >= 4 is 23.4 Å². The highest BCUT2D eigenvalue weighted by Crippen LogP contribution is 2.56. The Morgan fingerprint density at radius 3 is 2.56 bits per heavy atom. The highest BCUT2D eigenvalue weighted by atomic mass is 16.6. The van der Waals surface area contributed by atoms with Crippen LogP contribution in [-0.2, 0) is 16.1 Å². The maximum Gasteiger partial charge on any atom is 0.247 e. The molecule has 8 heteroatoms. The third kappa shape index (κ3) is 4.29. The van der Waals surface area contributed by atoms with Gasteiger partial charge in [0.2, 0.25) is 11.9 Å². The Kier molecular flexibility index (Phi) is 5.51. The van der Waals surface area contributed by atoms with Crippen molar-refractivity contribution in [1.82, 2.24) is 15.4 Å². The summed E-state index contributed by atoms with van der Waals surface area (Å²) in [6.45, 7) is 2.02. The second-order valence-corrected chi connectivity index (χ2v) is 9.82. The van der Waals surface area contributed by atoms with Crippen LogP contribution in [-0.4, -0.2) is 39.7 Å². The summed E-state index contributed by atoms with van der Waals surface area (Å²) in [6, 6.07) is 7.97. The molecule has 4 bridgehead atoms. The number of aliphatic hydroxyl groups is 1. The number of nitrogens with zero attached hydrogens (tertiary/aromatic N) is 2. The van der Waals surface area contributed by atoms with Gasteiger partial charge in [-0.3, -0.25) is 9.63 Å². The number of aromatic nitrogens is 2. The van der Waals surface area contributed by atoms with Crippen LogP contribution in [0.2, 0.25) is 0 Å². The maximum atomic E-state index is 11.6. The molecule has 0 radical (unpaired) electrons. The highest BCUT2D eigenvalue weighted by Gasteiger charge is 2.54. The first-order valence-corrected chi connectivity index (χ1v) is 11.4. The van der Waals surface area contributed by atoms with Crippen LogP contribution in [0.1, 0.15) is 43.2 Å². The average molecular weight is 438 g/mol. The molecule has 0 saturated heterocycles. The topological polar surface area (TPSA) is 108 Å². The standard InChI is InChI=1S/C24H31N5O3/c1-14-13-25-23(26-19-5-3-15(4-6-19)9-20(30)29-32-2)28-22(14)27-21-17-7-16-8-18(21)12-24(31,10-16)11-17/h3-6,13,16-18,21,31H,7-12H2,1-2H3,(H,29,30)(H2,25,26,27,28). The van der Waals surface area contributed by atoms with Crippen molar-refractivity contribution in [2.45, 2.75) is 57.1 Å². The normalized spacial score (nSPS) is 30.2. The number of amides is 1. The summed E-state index contributed by atoms with van der Waals surface area (Å²) in [7, 11) is 1.42. The third-order valence-corrected chi connectivity index (χ3v) is 7.31. The van der Waals surface area contributed by atoms with Crippen LogP contribution in [0.15, 0.2) is 30.5 Å². The largest absolute Gasteiger partial charge is 0.390 e. The summed E-state index contributed by atoms with van der Waals surface area (Å²) < 4.78 is 0. The summed E-state index contributed by atoms with van der Waals surface area (Å²) in [5.41, 5.74) is 4.65. The number of nitrogens with one attached hydrogen (secondary N) is 3. The van der Waals surface area contributed by atoms with Gasteiger partial charge in [-0.25, -0.2) is 10.5 Å². The van der Waals surface area contributed by atoms with Crippen molar-refractivity contribution in [2.75, 3.05) is 17.7 Å². The molecule has 1 aromatic carbocycles. The SMILES string of the molecule is CONC(=O)Cc1ccc(Nc2ncc(C)c(NC3C4CC5CC3CC(O)(C5)C4)n2)cc1. The van der Waals surface area contributed by atoms with Gasteiger partial charge in [-0.05, 0) is 74.5 Å². The van der Waals surface area contributed by atoms with Gasteiger partial charge in [0.05, 0.1) is 19.1 Å². The van der Waals surface area contributed by atoms with Gasteiger partial charge >= 0.3 is 0 Å². The average Bonchev–Trinajstić information content (AvgIpc) is 2.73. The number of hydroxylamine groups is 1. The lowest BCUT2D eigenvalue weighted by molar-refractivity contribution is -0.130. The van der Waals surface area contributed by atoms with E-state index < -0.39 is 5.60 Å². The molecule has 2 aromatic rings. The van der Waals surface area contributed by atoms with E-state index in [0.717, 1.165) is 41.9 Å². The van der Waals surface area contributed by atoms with E-state index in [1.165, 1.54) is 20.0 Å². The summed E-state index contributed by atoms with van der Waals surface area (Å²) in [5.74, 6) is 2.91. The lowest BCUT2D eigenvalue weighted by Crippen LogP contribution is -2.59. The van der Waals surface area contributed by atoms with E-state index >= 15 is 0 Å². The van der Waals surface area contributed by atoms with Crippen LogP contribution in [0, 0.1) is 24.7 Å². The number of rotatable bonds is 7. The Hall–Kier alpha value is -2.71. The summed E-state index contributed by atoms with van der Waals surface area (Å²) in [5, 5.41) is 17.8. The Bertz CT molecular complexity index is 980. The number of anilines is 3. The highest BCUT2D eigenvalue weighted by molar-refractivity contribution is 5.77. The number of carbonyl (C=O) groups excluding carboxylic acids is 1. The molecule has 1 aromatic heterocycles. The minimum Gasteiger partial charge on any atom is -0.390 e. The van der Waals surface area contributed by atoms with Gasteiger partial charge in [0.15, 0.2) is 0 Å². The van der Waals surface area contributed by atoms with Crippen molar-refractivity contribution in [3.8, 4) is 0 Å². The Morgan fingerprint density at radius 2 is 1.91 bits per heavy atom. The summed E-state index contributed by atoms with van der Waals surface area (Å²) in [4.78, 5) is 25.5. The van der Waals surface area contributed by atoms with E-state index in [9.17, 15) is 9.90 Å². The van der Waals surface area contributed by atoms with Gasteiger partial charge in [0.1, 0.15) is 5.82 Å². The zero-order valence-corrected chi connectivity index (χ0v) is 18.6. The molecule has 4 aliphatic rings. The molecular formula is C24H31N5O3. The maximum absolute atomic E-state index is 11.6. The monoisotopic (exact) mass is 437 g/mol. The molecule has 0 aliphatic heterocycles. The predicted molar refractivity (Wildman–Crippen MR) is 121 cm³/mol. The van der Waals surface area contributed by atoms with E-state index in [-0.39, 0.29) is 12.3 Å². The van der Waals surface area contributed by atoms with Gasteiger partial charge < -0.3 is 15.7 Å². The lowest BCUT2D eigenvalue weighted by Gasteiger charge is -2.58. The van der Waals surface area contributed by atoms with Crippen LogP contribution >= 0.6 is 0 Å². The molecule has 2 unspecified atom stereocenters. The fourth-order valence-corrected chi connectivity index (χ4v) is 6.19. The Labute approximate surface area is 188 Å². The number of carbonyl (C=O) groups is 1. The van der Waals surface area contributed by atoms with Gasteiger partial charge in [0.25, 0.3) is 0 Å². The van der Waals surface area contributed by atoms with Gasteiger partial charge in [-0.1, -0.05) is 12.1 Å². The Morgan fingerprint density at radius 1 is 1.19 bits per heavy atom. The van der Waals surface area contributed by atoms with E-state index in [4.69, 9.17) is 4.98 Å². The Balaban J connectivity index is 1.26. The quantitative estimate of drug-likeness (QED) is 0.493. The van der Waals surface area contributed by atoms with E-state index in [0.29, 0.717) is 29.7 Å². The molecule has 4 N–H and O–H groups in total. The van der Waals surface area contributed by atoms with Gasteiger partial charge in [0, 0.05) is 23.5 Å². The van der Waals surface area contributed by atoms with Crippen LogP contribution < -0.4 is 16.1 Å². The summed E-state index contributed by atoms with van der Waals surface area (Å²) >= 11 is 0. The zero-order chi connectivity index (χ0) is 22.3. The first-order valence-electron chi connectivity index (χ1n) is 11.4. The van der Waals surface area contributed by atoms with E-state index in [1.807, 2.05) is 37.4 Å². The fourth-order valence-electron chi connectivity index (χ4n) is 6.19. The van der Waals surface area contributed by atoms with Crippen LogP contribution in [0.5, 0.6) is 0 Å². The molecule has 2 atom stereocenters. The van der Waals surface area contributed by atoms with Crippen molar-refractivity contribution in [3.05, 3.63) is 41.6 Å². The molecule has 4 fully saturated rings. The van der Waals surface area contributed by atoms with E-state index in [1.54, 1.807) is 0 Å². The molecular weight excluding hydrogens is 406 g/mol. The summed E-state index contributed by atoms with van der Waals surface area (Å²) in [6.07, 6.45) is 7.31. The van der Waals surface area contributed by atoms with Crippen LogP contribution in [0.25, 0.3) is 0 Å². The minimum atomic E-state index is -0.432. The molecule has 1 heterocycles. The third-order valence-electron chi connectivity index (χ3n) is 7.31. The molecule has 8 nitrogen and oxygen atoms in total. The lowest BCUT2D eigenvalue weighted by atomic mass is 9.52. The van der Waals surface area contributed by atoms with Crippen molar-refractivity contribution in [2.24, 2.45) is 17.8 Å². The molecule has 4 saturated carbocycles. The molecule has 170 valence electrons. The molecule has 32 heavy (non-hydrogen) atoms. The van der Waals surface area contributed by atoms with Crippen LogP contribution in [0.4, 0.5) is 17.5 Å². The number of aryl methyl sites for hydroxylation is 1. The molecule has 1 amide bonds. The first kappa shape index (κ1) is 21.2. The number of hydrogen-bond acceptors (Lipinski definition) is 7. The van der Waals surface area contributed by atoms with Gasteiger partial charge in [-0.15, -0.1) is 0 Å². The molecule has 6 rings (SSSR count). The minimum absolute atomic E-state index is 0.192. The predicted octanol–water partition coefficient (Wildman–Crippen LogP) is 3.10. The van der Waals surface area contributed by atoms with Crippen molar-refractivity contribution in [3.63, 3.8) is 0 Å². The fraction of sp³-hybridized carbons (Fsp3) is 0.542. The van der Waals surface area contributed by atoms with Crippen molar-refractivity contribution < 1.29 is 14.7 Å². The number of hydrogen-bond donors (Lipinski definition) is 4. The first-order chi connectivity index (χ1) is 15.4. The van der Waals surface area contributed by atoms with Gasteiger partial charge in [-0.2, -0.15) is 4.98 Å². The van der Waals surface area contributed by atoms with Crippen molar-refractivity contribution in [1.29, 1.82) is 0 Å². The second kappa shape index (κ2) is 8.33.